The van der Waals surface area contributed by atoms with E-state index >= 15 is 0 Å². The molecule has 1 aromatic heterocycles. The van der Waals surface area contributed by atoms with E-state index in [0.717, 1.165) is 5.92 Å². The van der Waals surface area contributed by atoms with Gasteiger partial charge in [0.25, 0.3) is 0 Å². The van der Waals surface area contributed by atoms with Crippen LogP contribution in [0.15, 0.2) is 24.3 Å². The number of benzene rings is 1. The van der Waals surface area contributed by atoms with E-state index in [9.17, 15) is 0 Å². The van der Waals surface area contributed by atoms with Crippen LogP contribution in [-0.2, 0) is 6.42 Å². The van der Waals surface area contributed by atoms with Crippen molar-refractivity contribution in [2.24, 2.45) is 5.92 Å². The molecule has 1 heteroatoms. The summed E-state index contributed by atoms with van der Waals surface area (Å²) in [6.07, 6.45) is 2.50. The molecule has 0 nitrogen and oxygen atoms in total. The third-order valence-electron chi connectivity index (χ3n) is 2.72. The first-order chi connectivity index (χ1) is 8.15. The highest BCUT2D eigenvalue weighted by atomic mass is 32.1. The Morgan fingerprint density at radius 1 is 1.12 bits per heavy atom. The van der Waals surface area contributed by atoms with Crippen molar-refractivity contribution in [3.05, 3.63) is 34.7 Å². The van der Waals surface area contributed by atoms with Gasteiger partial charge in [-0.15, -0.1) is 11.3 Å². The van der Waals surface area contributed by atoms with Gasteiger partial charge in [-0.3, -0.25) is 0 Å². The monoisotopic (exact) mass is 248 g/mol. The summed E-state index contributed by atoms with van der Waals surface area (Å²) in [5, 5.41) is 1.39. The van der Waals surface area contributed by atoms with Gasteiger partial charge in [0.1, 0.15) is 0 Å². The van der Waals surface area contributed by atoms with Crippen LogP contribution < -0.4 is 0 Å². The number of thiophene rings is 1. The van der Waals surface area contributed by atoms with Gasteiger partial charge in [0.05, 0.1) is 0 Å². The average molecular weight is 248 g/mol. The molecule has 0 spiro atoms. The highest BCUT2D eigenvalue weighted by Crippen LogP contribution is 2.26. The van der Waals surface area contributed by atoms with Gasteiger partial charge in [0.15, 0.2) is 0 Å². The van der Waals surface area contributed by atoms with E-state index < -0.39 is 0 Å². The first-order valence-corrected chi connectivity index (χ1v) is 7.46. The third-order valence-corrected chi connectivity index (χ3v) is 3.73. The van der Waals surface area contributed by atoms with Crippen LogP contribution >= 0.6 is 11.3 Å². The van der Waals surface area contributed by atoms with Crippen LogP contribution in [-0.4, -0.2) is 0 Å². The maximum atomic E-state index is 2.36. The Kier molecular flexibility index (Phi) is 5.70. The van der Waals surface area contributed by atoms with Crippen molar-refractivity contribution in [2.75, 3.05) is 0 Å². The van der Waals surface area contributed by atoms with Gasteiger partial charge < -0.3 is 0 Å². The minimum atomic E-state index is 0.797. The Labute approximate surface area is 110 Å². The standard InChI is InChI=1S/C14H18S.C2H6/c1-10(2)4-5-12-6-7-13-8-11(3)15-14(13)9-12;1-2/h6-10H,4-5H2,1-3H3;1-2H3. The van der Waals surface area contributed by atoms with Crippen LogP contribution in [0, 0.1) is 12.8 Å². The Bertz CT molecular complexity index is 451. The molecule has 0 aliphatic carbocycles. The topological polar surface area (TPSA) is 0 Å². The van der Waals surface area contributed by atoms with Gasteiger partial charge in [-0.05, 0) is 48.8 Å². The Morgan fingerprint density at radius 3 is 2.47 bits per heavy atom. The van der Waals surface area contributed by atoms with Crippen molar-refractivity contribution in [1.29, 1.82) is 0 Å². The lowest BCUT2D eigenvalue weighted by molar-refractivity contribution is 0.587. The van der Waals surface area contributed by atoms with E-state index in [2.05, 4.69) is 45.0 Å². The predicted octanol–water partition coefficient (Wildman–Crippen LogP) is 5.82. The first kappa shape index (κ1) is 14.2. The highest BCUT2D eigenvalue weighted by molar-refractivity contribution is 7.19. The molecule has 0 radical (unpaired) electrons. The smallest absolute Gasteiger partial charge is 0.0348 e. The maximum absolute atomic E-state index is 2.36. The molecule has 0 atom stereocenters. The van der Waals surface area contributed by atoms with Crippen LogP contribution in [0.1, 0.15) is 44.6 Å². The van der Waals surface area contributed by atoms with E-state index in [4.69, 9.17) is 0 Å². The zero-order valence-electron chi connectivity index (χ0n) is 11.7. The second-order valence-electron chi connectivity index (χ2n) is 4.66. The zero-order valence-corrected chi connectivity index (χ0v) is 12.5. The van der Waals surface area contributed by atoms with E-state index in [-0.39, 0.29) is 0 Å². The number of fused-ring (bicyclic) bond motifs is 1. The molecule has 17 heavy (non-hydrogen) atoms. The van der Waals surface area contributed by atoms with Crippen LogP contribution in [0.5, 0.6) is 0 Å². The number of aryl methyl sites for hydroxylation is 2. The molecule has 2 aromatic rings. The van der Waals surface area contributed by atoms with Gasteiger partial charge in [-0.1, -0.05) is 39.8 Å². The molecule has 0 saturated carbocycles. The first-order valence-electron chi connectivity index (χ1n) is 6.64. The van der Waals surface area contributed by atoms with Crippen molar-refractivity contribution >= 4 is 21.4 Å². The molecule has 0 aliphatic rings. The summed E-state index contributed by atoms with van der Waals surface area (Å²) in [7, 11) is 0. The summed E-state index contributed by atoms with van der Waals surface area (Å²) in [6.45, 7) is 10.8. The lowest BCUT2D eigenvalue weighted by Crippen LogP contribution is -1.91. The Hall–Kier alpha value is -0.820. The lowest BCUT2D eigenvalue weighted by Gasteiger charge is -2.04. The van der Waals surface area contributed by atoms with E-state index in [0.29, 0.717) is 0 Å². The molecule has 1 aromatic carbocycles. The molecule has 0 fully saturated rings. The molecule has 0 amide bonds. The van der Waals surface area contributed by atoms with Gasteiger partial charge in [-0.2, -0.15) is 0 Å². The molecule has 2 rings (SSSR count). The van der Waals surface area contributed by atoms with Gasteiger partial charge in [0.2, 0.25) is 0 Å². The minimum absolute atomic E-state index is 0.797. The van der Waals surface area contributed by atoms with E-state index in [1.165, 1.54) is 33.4 Å². The summed E-state index contributed by atoms with van der Waals surface area (Å²) in [5.74, 6) is 0.797. The van der Waals surface area contributed by atoms with Gasteiger partial charge in [-0.25, -0.2) is 0 Å². The predicted molar refractivity (Wildman–Crippen MR) is 81.1 cm³/mol. The van der Waals surface area contributed by atoms with Crippen LogP contribution in [0.25, 0.3) is 10.1 Å². The van der Waals surface area contributed by atoms with Crippen LogP contribution in [0.3, 0.4) is 0 Å². The molecule has 0 aliphatic heterocycles. The van der Waals surface area contributed by atoms with Crippen molar-refractivity contribution < 1.29 is 0 Å². The lowest BCUT2D eigenvalue weighted by atomic mass is 10.0. The molecular formula is C16H24S. The zero-order chi connectivity index (χ0) is 12.8. The number of hydrogen-bond acceptors (Lipinski definition) is 1. The second kappa shape index (κ2) is 6.80. The SMILES string of the molecule is CC.Cc1cc2ccc(CCC(C)C)cc2s1. The fourth-order valence-electron chi connectivity index (χ4n) is 1.82. The van der Waals surface area contributed by atoms with E-state index in [1.807, 2.05) is 25.2 Å². The second-order valence-corrected chi connectivity index (χ2v) is 5.95. The molecule has 94 valence electrons. The quantitative estimate of drug-likeness (QED) is 0.641. The summed E-state index contributed by atoms with van der Waals surface area (Å²) >= 11 is 1.90. The largest absolute Gasteiger partial charge is 0.141 e. The summed E-state index contributed by atoms with van der Waals surface area (Å²) in [5.41, 5.74) is 1.48. The van der Waals surface area contributed by atoms with Gasteiger partial charge in [0, 0.05) is 9.58 Å². The van der Waals surface area contributed by atoms with Gasteiger partial charge >= 0.3 is 0 Å². The fraction of sp³-hybridized carbons (Fsp3) is 0.500. The summed E-state index contributed by atoms with van der Waals surface area (Å²) in [4.78, 5) is 1.41. The minimum Gasteiger partial charge on any atom is -0.141 e. The molecule has 1 heterocycles. The van der Waals surface area contributed by atoms with Crippen LogP contribution in [0.2, 0.25) is 0 Å². The van der Waals surface area contributed by atoms with Crippen LogP contribution in [0.4, 0.5) is 0 Å². The fourth-order valence-corrected chi connectivity index (χ4v) is 2.81. The van der Waals surface area contributed by atoms with Crippen molar-refractivity contribution in [1.82, 2.24) is 0 Å². The molecule has 0 bridgehead atoms. The maximum Gasteiger partial charge on any atom is 0.0348 e. The molecule has 0 unspecified atom stereocenters. The van der Waals surface area contributed by atoms with Crippen molar-refractivity contribution in [3.63, 3.8) is 0 Å². The van der Waals surface area contributed by atoms with Crippen molar-refractivity contribution in [2.45, 2.75) is 47.5 Å². The molecular weight excluding hydrogens is 224 g/mol. The summed E-state index contributed by atoms with van der Waals surface area (Å²) in [6, 6.07) is 9.16. The Balaban J connectivity index is 0.000000686. The summed E-state index contributed by atoms with van der Waals surface area (Å²) < 4.78 is 1.44. The van der Waals surface area contributed by atoms with E-state index in [1.54, 1.807) is 0 Å². The highest BCUT2D eigenvalue weighted by Gasteiger charge is 2.01. The van der Waals surface area contributed by atoms with Crippen molar-refractivity contribution in [3.8, 4) is 0 Å². The number of rotatable bonds is 3. The molecule has 0 N–H and O–H groups in total. The Morgan fingerprint density at radius 2 is 1.82 bits per heavy atom. The average Bonchev–Trinajstić information content (AvgIpc) is 2.68. The normalized spacial score (nSPS) is 10.5. The molecule has 0 saturated heterocycles. The number of hydrogen-bond donors (Lipinski definition) is 0. The third kappa shape index (κ3) is 4.16.